The molecular formula is C17H25BN4O8. The van der Waals surface area contributed by atoms with Crippen molar-refractivity contribution in [2.45, 2.75) is 38.0 Å². The van der Waals surface area contributed by atoms with Crippen LogP contribution in [0.15, 0.2) is 12.1 Å². The summed E-state index contributed by atoms with van der Waals surface area (Å²) in [4.78, 5) is 36.7. The molecule has 1 heterocycles. The predicted molar refractivity (Wildman–Crippen MR) is 105 cm³/mol. The van der Waals surface area contributed by atoms with Crippen molar-refractivity contribution in [1.29, 1.82) is 0 Å². The van der Waals surface area contributed by atoms with Gasteiger partial charge >= 0.3 is 13.1 Å². The molecule has 13 heteroatoms. The number of carboxylic acids is 1. The first-order chi connectivity index (χ1) is 14.0. The standard InChI is InChI=1S/C17H25BN4O8/c1-8(21-15(24)14(19)20)16(25)22-6-10(7-22)30-11-3-2-9(4-5-18(28)29)13(23)12(11)17(26)27/h2-3,8,10,14,23,28-29H,4-7,19-20H2,1H3,(H,21,24)(H,26,27)/t8-/m0/s1. The Morgan fingerprint density at radius 3 is 2.47 bits per heavy atom. The minimum atomic E-state index is -1.58. The third-order valence-corrected chi connectivity index (χ3v) is 4.59. The van der Waals surface area contributed by atoms with Gasteiger partial charge in [0.1, 0.15) is 35.4 Å². The molecule has 0 bridgehead atoms. The number of aryl methyl sites for hydroxylation is 1. The summed E-state index contributed by atoms with van der Waals surface area (Å²) in [5.41, 5.74) is 10.3. The van der Waals surface area contributed by atoms with Gasteiger partial charge in [0.05, 0.1) is 13.1 Å². The maximum absolute atomic E-state index is 12.3. The lowest BCUT2D eigenvalue weighted by atomic mass is 9.82. The lowest BCUT2D eigenvalue weighted by Crippen LogP contribution is -2.61. The summed E-state index contributed by atoms with van der Waals surface area (Å²) in [5, 5.41) is 40.0. The van der Waals surface area contributed by atoms with Crippen LogP contribution in [0.4, 0.5) is 0 Å². The Morgan fingerprint density at radius 1 is 1.30 bits per heavy atom. The number of hydrogen-bond acceptors (Lipinski definition) is 9. The number of aromatic carboxylic acids is 1. The normalized spacial score (nSPS) is 14.8. The predicted octanol–water partition coefficient (Wildman–Crippen LogP) is -2.56. The number of nitrogens with two attached hydrogens (primary N) is 2. The third kappa shape index (κ3) is 5.60. The van der Waals surface area contributed by atoms with Gasteiger partial charge in [-0.25, -0.2) is 4.79 Å². The van der Waals surface area contributed by atoms with Gasteiger partial charge in [0.15, 0.2) is 0 Å². The molecule has 0 aromatic heterocycles. The molecule has 0 spiro atoms. The van der Waals surface area contributed by atoms with Crippen molar-refractivity contribution in [3.8, 4) is 11.5 Å². The molecule has 1 aromatic carbocycles. The first-order valence-electron chi connectivity index (χ1n) is 9.22. The number of phenols is 1. The summed E-state index contributed by atoms with van der Waals surface area (Å²) >= 11 is 0. The number of rotatable bonds is 9. The van der Waals surface area contributed by atoms with Crippen LogP contribution in [-0.4, -0.2) is 81.5 Å². The lowest BCUT2D eigenvalue weighted by Gasteiger charge is -2.40. The monoisotopic (exact) mass is 424 g/mol. The van der Waals surface area contributed by atoms with Crippen LogP contribution in [-0.2, 0) is 16.0 Å². The van der Waals surface area contributed by atoms with Crippen LogP contribution in [0.1, 0.15) is 22.8 Å². The van der Waals surface area contributed by atoms with Crippen molar-refractivity contribution in [3.05, 3.63) is 23.3 Å². The fourth-order valence-corrected chi connectivity index (χ4v) is 2.92. The van der Waals surface area contributed by atoms with Gasteiger partial charge in [-0.05, 0) is 31.3 Å². The molecule has 12 nitrogen and oxygen atoms in total. The zero-order valence-electron chi connectivity index (χ0n) is 16.3. The van der Waals surface area contributed by atoms with Crippen LogP contribution >= 0.6 is 0 Å². The summed E-state index contributed by atoms with van der Waals surface area (Å²) in [7, 11) is -1.58. The fourth-order valence-electron chi connectivity index (χ4n) is 2.92. The number of hydrogen-bond donors (Lipinski definition) is 7. The van der Waals surface area contributed by atoms with E-state index < -0.39 is 48.6 Å². The zero-order chi connectivity index (χ0) is 22.6. The number of ether oxygens (including phenoxy) is 1. The molecule has 2 rings (SSSR count). The van der Waals surface area contributed by atoms with Crippen LogP contribution in [0.2, 0.25) is 6.32 Å². The van der Waals surface area contributed by atoms with Gasteiger partial charge < -0.3 is 46.7 Å². The van der Waals surface area contributed by atoms with E-state index in [1.807, 2.05) is 0 Å². The SMILES string of the molecule is C[C@H](NC(=O)C(N)N)C(=O)N1CC(Oc2ccc(CCB(O)O)c(O)c2C(=O)O)C1. The second kappa shape index (κ2) is 9.76. The van der Waals surface area contributed by atoms with E-state index in [0.29, 0.717) is 0 Å². The van der Waals surface area contributed by atoms with Gasteiger partial charge in [-0.3, -0.25) is 9.59 Å². The Morgan fingerprint density at radius 2 is 1.93 bits per heavy atom. The first kappa shape index (κ1) is 23.4. The van der Waals surface area contributed by atoms with Gasteiger partial charge in [-0.15, -0.1) is 0 Å². The van der Waals surface area contributed by atoms with E-state index in [2.05, 4.69) is 5.32 Å². The average Bonchev–Trinajstić information content (AvgIpc) is 2.62. The second-order valence-corrected chi connectivity index (χ2v) is 7.01. The molecule has 1 fully saturated rings. The molecule has 0 radical (unpaired) electrons. The number of carbonyl (C=O) groups is 3. The van der Waals surface area contributed by atoms with E-state index >= 15 is 0 Å². The number of amides is 2. The van der Waals surface area contributed by atoms with Gasteiger partial charge in [-0.1, -0.05) is 6.07 Å². The molecule has 0 unspecified atom stereocenters. The van der Waals surface area contributed by atoms with Crippen molar-refractivity contribution >= 4 is 24.9 Å². The van der Waals surface area contributed by atoms with E-state index in [9.17, 15) is 24.6 Å². The van der Waals surface area contributed by atoms with Crippen molar-refractivity contribution in [2.24, 2.45) is 11.5 Å². The quantitative estimate of drug-likeness (QED) is 0.163. The first-order valence-corrected chi connectivity index (χ1v) is 9.22. The Labute approximate surface area is 172 Å². The fraction of sp³-hybridized carbons (Fsp3) is 0.471. The van der Waals surface area contributed by atoms with E-state index in [-0.39, 0.29) is 43.1 Å². The van der Waals surface area contributed by atoms with Crippen molar-refractivity contribution in [3.63, 3.8) is 0 Å². The zero-order valence-corrected chi connectivity index (χ0v) is 16.3. The van der Waals surface area contributed by atoms with E-state index in [1.54, 1.807) is 0 Å². The molecular weight excluding hydrogens is 399 g/mol. The van der Waals surface area contributed by atoms with Crippen LogP contribution in [0.5, 0.6) is 11.5 Å². The molecule has 164 valence electrons. The number of carboxylic acid groups (broad SMARTS) is 1. The third-order valence-electron chi connectivity index (χ3n) is 4.59. The second-order valence-electron chi connectivity index (χ2n) is 7.01. The topological polar surface area (TPSA) is 209 Å². The van der Waals surface area contributed by atoms with Gasteiger partial charge in [0.2, 0.25) is 5.91 Å². The van der Waals surface area contributed by atoms with Crippen molar-refractivity contribution in [1.82, 2.24) is 10.2 Å². The van der Waals surface area contributed by atoms with Gasteiger partial charge in [0, 0.05) is 0 Å². The highest BCUT2D eigenvalue weighted by molar-refractivity contribution is 6.41. The van der Waals surface area contributed by atoms with E-state index in [0.717, 1.165) is 0 Å². The van der Waals surface area contributed by atoms with Crippen molar-refractivity contribution < 1.29 is 39.4 Å². The number of aromatic hydroxyl groups is 1. The highest BCUT2D eigenvalue weighted by Gasteiger charge is 2.36. The Balaban J connectivity index is 2.00. The summed E-state index contributed by atoms with van der Waals surface area (Å²) in [6.45, 7) is 1.80. The van der Waals surface area contributed by atoms with Gasteiger partial charge in [-0.2, -0.15) is 0 Å². The Hall–Kier alpha value is -2.87. The summed E-state index contributed by atoms with van der Waals surface area (Å²) in [6.07, 6.45) is -1.75. The van der Waals surface area contributed by atoms with E-state index in [1.165, 1.54) is 24.0 Å². The van der Waals surface area contributed by atoms with Crippen LogP contribution < -0.4 is 21.5 Å². The number of carbonyl (C=O) groups excluding carboxylic acids is 2. The molecule has 2 amide bonds. The van der Waals surface area contributed by atoms with Crippen LogP contribution in [0.3, 0.4) is 0 Å². The molecule has 1 aliphatic heterocycles. The minimum absolute atomic E-state index is 0.0613. The Bertz CT molecular complexity index is 813. The van der Waals surface area contributed by atoms with Crippen molar-refractivity contribution in [2.75, 3.05) is 13.1 Å². The molecule has 9 N–H and O–H groups in total. The number of nitrogens with one attached hydrogen (secondary N) is 1. The molecule has 30 heavy (non-hydrogen) atoms. The Kier molecular flexibility index (Phi) is 7.62. The average molecular weight is 424 g/mol. The van der Waals surface area contributed by atoms with Crippen LogP contribution in [0, 0.1) is 0 Å². The molecule has 1 aromatic rings. The summed E-state index contributed by atoms with van der Waals surface area (Å²) in [5.74, 6) is -3.03. The van der Waals surface area contributed by atoms with Gasteiger partial charge in [0.25, 0.3) is 5.91 Å². The number of benzene rings is 1. The largest absolute Gasteiger partial charge is 0.507 e. The van der Waals surface area contributed by atoms with Crippen LogP contribution in [0.25, 0.3) is 0 Å². The molecule has 1 aliphatic rings. The molecule has 0 saturated carbocycles. The highest BCUT2D eigenvalue weighted by atomic mass is 16.5. The molecule has 1 atom stereocenters. The highest BCUT2D eigenvalue weighted by Crippen LogP contribution is 2.34. The maximum Gasteiger partial charge on any atom is 0.451 e. The summed E-state index contributed by atoms with van der Waals surface area (Å²) < 4.78 is 5.62. The maximum atomic E-state index is 12.3. The number of likely N-dealkylation sites (tertiary alicyclic amines) is 1. The smallest absolute Gasteiger partial charge is 0.451 e. The molecule has 1 saturated heterocycles. The molecule has 0 aliphatic carbocycles. The summed E-state index contributed by atoms with van der Waals surface area (Å²) in [6, 6.07) is 1.97. The van der Waals surface area contributed by atoms with E-state index in [4.69, 9.17) is 26.3 Å². The lowest BCUT2D eigenvalue weighted by molar-refractivity contribution is -0.143. The minimum Gasteiger partial charge on any atom is -0.507 e. The number of nitrogens with zero attached hydrogens (tertiary/aromatic N) is 1.